The number of hydrogen-bond donors (Lipinski definition) is 3. The SMILES string of the molecule is CCCCNc1c(-c2ccc(OC)c([N+](=O)[O-])c2)nc2c(C(=O)NC(C)C(=O)O)cccn12. The smallest absolute Gasteiger partial charge is 0.325 e. The van der Waals surface area contributed by atoms with Gasteiger partial charge in [0.25, 0.3) is 5.91 Å². The van der Waals surface area contributed by atoms with Crippen LogP contribution < -0.4 is 15.4 Å². The molecule has 2 aromatic heterocycles. The van der Waals surface area contributed by atoms with Crippen LogP contribution in [0.15, 0.2) is 36.5 Å². The van der Waals surface area contributed by atoms with Crippen LogP contribution in [-0.4, -0.2) is 51.0 Å². The fraction of sp³-hybridized carbons (Fsp3) is 0.318. The first-order valence-electron chi connectivity index (χ1n) is 10.4. The van der Waals surface area contributed by atoms with Gasteiger partial charge in [0.2, 0.25) is 0 Å². The molecule has 33 heavy (non-hydrogen) atoms. The maximum absolute atomic E-state index is 12.8. The number of aliphatic carboxylic acids is 1. The molecule has 0 spiro atoms. The van der Waals surface area contributed by atoms with Gasteiger partial charge in [-0.1, -0.05) is 13.3 Å². The summed E-state index contributed by atoms with van der Waals surface area (Å²) in [6.45, 7) is 4.05. The summed E-state index contributed by atoms with van der Waals surface area (Å²) in [5, 5.41) is 26.4. The van der Waals surface area contributed by atoms with Crippen molar-refractivity contribution in [3.05, 3.63) is 52.2 Å². The van der Waals surface area contributed by atoms with E-state index >= 15 is 0 Å². The number of methoxy groups -OCH3 is 1. The minimum absolute atomic E-state index is 0.121. The number of rotatable bonds is 10. The van der Waals surface area contributed by atoms with Gasteiger partial charge in [0.05, 0.1) is 17.6 Å². The number of ether oxygens (including phenoxy) is 1. The summed E-state index contributed by atoms with van der Waals surface area (Å²) in [4.78, 5) is 39.5. The van der Waals surface area contributed by atoms with E-state index < -0.39 is 22.8 Å². The summed E-state index contributed by atoms with van der Waals surface area (Å²) >= 11 is 0. The zero-order chi connectivity index (χ0) is 24.1. The number of aromatic nitrogens is 2. The third-order valence-electron chi connectivity index (χ3n) is 5.08. The first-order valence-corrected chi connectivity index (χ1v) is 10.4. The number of unbranched alkanes of at least 4 members (excludes halogenated alkanes) is 1. The molecule has 0 aliphatic carbocycles. The first-order chi connectivity index (χ1) is 15.8. The number of hydrogen-bond acceptors (Lipinski definition) is 7. The average Bonchev–Trinajstić information content (AvgIpc) is 3.17. The topological polar surface area (TPSA) is 148 Å². The highest BCUT2D eigenvalue weighted by Gasteiger charge is 2.23. The number of carboxylic acids is 1. The van der Waals surface area contributed by atoms with E-state index in [0.717, 1.165) is 12.8 Å². The zero-order valence-corrected chi connectivity index (χ0v) is 18.5. The standard InChI is InChI=1S/C22H25N5O6/c1-4-5-10-23-20-18(14-8-9-17(33-3)16(12-14)27(31)32)25-19-15(7-6-11-26(19)20)21(28)24-13(2)22(29)30/h6-9,11-13,23H,4-5,10H2,1-3H3,(H,24,28)(H,29,30). The second-order valence-corrected chi connectivity index (χ2v) is 7.38. The molecule has 1 atom stereocenters. The molecule has 11 nitrogen and oxygen atoms in total. The number of nitrogens with zero attached hydrogens (tertiary/aromatic N) is 3. The van der Waals surface area contributed by atoms with Crippen LogP contribution in [0.5, 0.6) is 5.75 Å². The lowest BCUT2D eigenvalue weighted by Gasteiger charge is -2.11. The summed E-state index contributed by atoms with van der Waals surface area (Å²) in [7, 11) is 1.35. The Morgan fingerprint density at radius 1 is 1.33 bits per heavy atom. The molecule has 3 N–H and O–H groups in total. The van der Waals surface area contributed by atoms with Crippen molar-refractivity contribution < 1.29 is 24.4 Å². The van der Waals surface area contributed by atoms with Gasteiger partial charge in [0.1, 0.15) is 17.6 Å². The van der Waals surface area contributed by atoms with E-state index in [9.17, 15) is 19.7 Å². The molecule has 1 aromatic carbocycles. The van der Waals surface area contributed by atoms with E-state index in [4.69, 9.17) is 9.84 Å². The maximum atomic E-state index is 12.8. The second kappa shape index (κ2) is 9.98. The number of pyridine rings is 1. The predicted molar refractivity (Wildman–Crippen MR) is 122 cm³/mol. The molecule has 0 aliphatic rings. The average molecular weight is 455 g/mol. The van der Waals surface area contributed by atoms with Crippen LogP contribution >= 0.6 is 0 Å². The summed E-state index contributed by atoms with van der Waals surface area (Å²) in [5.41, 5.74) is 1.15. The molecule has 11 heteroatoms. The normalized spacial score (nSPS) is 11.7. The van der Waals surface area contributed by atoms with Gasteiger partial charge >= 0.3 is 11.7 Å². The van der Waals surface area contributed by atoms with Gasteiger partial charge in [0, 0.05) is 24.4 Å². The molecule has 2 heterocycles. The third kappa shape index (κ3) is 4.86. The van der Waals surface area contributed by atoms with Gasteiger partial charge in [-0.2, -0.15) is 0 Å². The van der Waals surface area contributed by atoms with Crippen molar-refractivity contribution in [3.63, 3.8) is 0 Å². The number of amides is 1. The molecule has 0 fully saturated rings. The van der Waals surface area contributed by atoms with Gasteiger partial charge in [-0.25, -0.2) is 4.98 Å². The number of imidazole rings is 1. The molecule has 3 rings (SSSR count). The van der Waals surface area contributed by atoms with Crippen molar-refractivity contribution in [2.24, 2.45) is 0 Å². The predicted octanol–water partition coefficient (Wildman–Crippen LogP) is 3.33. The number of benzene rings is 1. The quantitative estimate of drug-likeness (QED) is 0.239. The minimum Gasteiger partial charge on any atom is -0.490 e. The molecule has 0 saturated carbocycles. The Morgan fingerprint density at radius 2 is 2.09 bits per heavy atom. The molecular weight excluding hydrogens is 430 g/mol. The lowest BCUT2D eigenvalue weighted by molar-refractivity contribution is -0.385. The summed E-state index contributed by atoms with van der Waals surface area (Å²) in [6.07, 6.45) is 3.55. The second-order valence-electron chi connectivity index (χ2n) is 7.38. The largest absolute Gasteiger partial charge is 0.490 e. The lowest BCUT2D eigenvalue weighted by atomic mass is 10.1. The zero-order valence-electron chi connectivity index (χ0n) is 18.5. The molecule has 3 aromatic rings. The van der Waals surface area contributed by atoms with E-state index in [0.29, 0.717) is 29.3 Å². The Bertz CT molecular complexity index is 1210. The van der Waals surface area contributed by atoms with Crippen molar-refractivity contribution in [2.75, 3.05) is 19.0 Å². The van der Waals surface area contributed by atoms with Crippen LogP contribution in [0.4, 0.5) is 11.5 Å². The number of anilines is 1. The molecular formula is C22H25N5O6. The Balaban J connectivity index is 2.17. The lowest BCUT2D eigenvalue weighted by Crippen LogP contribution is -2.38. The van der Waals surface area contributed by atoms with E-state index in [2.05, 4.69) is 22.5 Å². The van der Waals surface area contributed by atoms with Crippen LogP contribution in [0.3, 0.4) is 0 Å². The van der Waals surface area contributed by atoms with Crippen molar-refractivity contribution in [2.45, 2.75) is 32.7 Å². The number of nitrogens with one attached hydrogen (secondary N) is 2. The summed E-state index contributed by atoms with van der Waals surface area (Å²) in [6, 6.07) is 6.64. The van der Waals surface area contributed by atoms with Gasteiger partial charge < -0.3 is 20.5 Å². The van der Waals surface area contributed by atoms with Gasteiger partial charge in [0.15, 0.2) is 11.4 Å². The van der Waals surface area contributed by atoms with Crippen LogP contribution in [-0.2, 0) is 4.79 Å². The Kier molecular flexibility index (Phi) is 7.11. The van der Waals surface area contributed by atoms with Gasteiger partial charge in [-0.15, -0.1) is 0 Å². The monoisotopic (exact) mass is 455 g/mol. The Labute approximate surface area is 189 Å². The van der Waals surface area contributed by atoms with Crippen molar-refractivity contribution in [1.29, 1.82) is 0 Å². The van der Waals surface area contributed by atoms with E-state index in [-0.39, 0.29) is 17.0 Å². The van der Waals surface area contributed by atoms with Crippen molar-refractivity contribution in [1.82, 2.24) is 14.7 Å². The number of nitro groups is 1. The highest BCUT2D eigenvalue weighted by molar-refractivity contribution is 6.02. The van der Waals surface area contributed by atoms with Crippen LogP contribution in [0, 0.1) is 10.1 Å². The van der Waals surface area contributed by atoms with Crippen LogP contribution in [0.1, 0.15) is 37.0 Å². The number of carbonyl (C=O) groups is 2. The molecule has 1 amide bonds. The number of fused-ring (bicyclic) bond motifs is 1. The van der Waals surface area contributed by atoms with Crippen LogP contribution in [0.2, 0.25) is 0 Å². The summed E-state index contributed by atoms with van der Waals surface area (Å²) in [5.74, 6) is -1.06. The number of carboxylic acid groups (broad SMARTS) is 1. The molecule has 1 unspecified atom stereocenters. The number of nitro benzene ring substituents is 1. The Hall–Kier alpha value is -4.15. The minimum atomic E-state index is -1.16. The fourth-order valence-corrected chi connectivity index (χ4v) is 3.31. The first kappa shape index (κ1) is 23.5. The van der Waals surface area contributed by atoms with Gasteiger partial charge in [-0.05, 0) is 37.6 Å². The van der Waals surface area contributed by atoms with E-state index in [1.165, 1.54) is 26.2 Å². The highest BCUT2D eigenvalue weighted by atomic mass is 16.6. The fourth-order valence-electron chi connectivity index (χ4n) is 3.31. The van der Waals surface area contributed by atoms with E-state index in [1.807, 2.05) is 0 Å². The molecule has 174 valence electrons. The summed E-state index contributed by atoms with van der Waals surface area (Å²) < 4.78 is 6.77. The number of carbonyl (C=O) groups excluding carboxylic acids is 1. The van der Waals surface area contributed by atoms with Crippen molar-refractivity contribution >= 4 is 29.0 Å². The maximum Gasteiger partial charge on any atom is 0.325 e. The Morgan fingerprint density at radius 3 is 2.73 bits per heavy atom. The molecule has 0 radical (unpaired) electrons. The van der Waals surface area contributed by atoms with Gasteiger partial charge in [-0.3, -0.25) is 24.1 Å². The molecule has 0 aliphatic heterocycles. The van der Waals surface area contributed by atoms with E-state index in [1.54, 1.807) is 28.8 Å². The highest BCUT2D eigenvalue weighted by Crippen LogP contribution is 2.36. The van der Waals surface area contributed by atoms with Crippen molar-refractivity contribution in [3.8, 4) is 17.0 Å². The third-order valence-corrected chi connectivity index (χ3v) is 5.08. The molecule has 0 bridgehead atoms. The molecule has 0 saturated heterocycles. The van der Waals surface area contributed by atoms with Crippen LogP contribution in [0.25, 0.3) is 16.9 Å².